The molecule has 0 bridgehead atoms. The second-order valence-corrected chi connectivity index (χ2v) is 11.5. The molecule has 2 aromatic carbocycles. The van der Waals surface area contributed by atoms with Crippen molar-refractivity contribution in [2.45, 2.75) is 45.1 Å². The molecule has 0 saturated heterocycles. The number of aliphatic hydroxyl groups is 1. The van der Waals surface area contributed by atoms with Crippen molar-refractivity contribution in [2.75, 3.05) is 19.7 Å². The quantitative estimate of drug-likeness (QED) is 0.0761. The molecular formula is C34H38N4O6S. The first-order valence-corrected chi connectivity index (χ1v) is 15.7. The summed E-state index contributed by atoms with van der Waals surface area (Å²) in [5.41, 5.74) is 4.48. The highest BCUT2D eigenvalue weighted by Gasteiger charge is 2.17. The average Bonchev–Trinajstić information content (AvgIpc) is 3.73. The number of ether oxygens (including phenoxy) is 1. The maximum Gasteiger partial charge on any atom is 0.306 e. The van der Waals surface area contributed by atoms with Crippen molar-refractivity contribution in [2.24, 2.45) is 0 Å². The zero-order valence-electron chi connectivity index (χ0n) is 25.1. The molecule has 1 atom stereocenters. The zero-order chi connectivity index (χ0) is 32.0. The third kappa shape index (κ3) is 10.4. The number of carbonyl (C=O) groups excluding carboxylic acids is 2. The van der Waals surface area contributed by atoms with Gasteiger partial charge >= 0.3 is 5.97 Å². The van der Waals surface area contributed by atoms with E-state index < -0.39 is 24.4 Å². The van der Waals surface area contributed by atoms with Gasteiger partial charge in [0.15, 0.2) is 6.61 Å². The van der Waals surface area contributed by atoms with Crippen LogP contribution in [0.2, 0.25) is 0 Å². The van der Waals surface area contributed by atoms with Crippen LogP contribution in [0.4, 0.5) is 0 Å². The Balaban J connectivity index is 1.43. The first kappa shape index (κ1) is 33.2. The van der Waals surface area contributed by atoms with Gasteiger partial charge < -0.3 is 30.6 Å². The molecule has 45 heavy (non-hydrogen) atoms. The Morgan fingerprint density at radius 2 is 1.76 bits per heavy atom. The molecule has 236 valence electrons. The molecule has 0 saturated carbocycles. The van der Waals surface area contributed by atoms with Crippen molar-refractivity contribution >= 4 is 35.2 Å². The number of nitrogens with zero attached hydrogens (tertiary/aromatic N) is 1. The van der Waals surface area contributed by atoms with Gasteiger partial charge in [0.25, 0.3) is 5.91 Å². The van der Waals surface area contributed by atoms with E-state index in [1.807, 2.05) is 54.7 Å². The Hall–Kier alpha value is -4.74. The van der Waals surface area contributed by atoms with Crippen molar-refractivity contribution in [3.8, 4) is 38.1 Å². The molecule has 0 fully saturated rings. The van der Waals surface area contributed by atoms with Crippen molar-refractivity contribution in [3.63, 3.8) is 0 Å². The third-order valence-electron chi connectivity index (χ3n) is 6.83. The fourth-order valence-electron chi connectivity index (χ4n) is 4.44. The van der Waals surface area contributed by atoms with Crippen LogP contribution in [0.3, 0.4) is 0 Å². The summed E-state index contributed by atoms with van der Waals surface area (Å²) in [7, 11) is 0. The number of H-pyrrole nitrogens is 1. The van der Waals surface area contributed by atoms with E-state index in [0.717, 1.165) is 57.2 Å². The molecule has 0 radical (unpaired) electrons. The zero-order valence-corrected chi connectivity index (χ0v) is 25.9. The van der Waals surface area contributed by atoms with Gasteiger partial charge in [-0.05, 0) is 60.0 Å². The van der Waals surface area contributed by atoms with Gasteiger partial charge in [-0.2, -0.15) is 0 Å². The Bertz CT molecular complexity index is 1560. The van der Waals surface area contributed by atoms with Crippen molar-refractivity contribution in [1.82, 2.24) is 20.6 Å². The summed E-state index contributed by atoms with van der Waals surface area (Å²) in [6.07, 6.45) is 8.05. The lowest BCUT2D eigenvalue weighted by atomic mass is 10.0. The normalized spacial score (nSPS) is 11.8. The van der Waals surface area contributed by atoms with Crippen LogP contribution >= 0.6 is 11.3 Å². The summed E-state index contributed by atoms with van der Waals surface area (Å²) < 4.78 is 5.57. The monoisotopic (exact) mass is 630 g/mol. The van der Waals surface area contributed by atoms with E-state index in [9.17, 15) is 19.5 Å². The van der Waals surface area contributed by atoms with Crippen LogP contribution in [-0.2, 0) is 14.4 Å². The van der Waals surface area contributed by atoms with Gasteiger partial charge in [-0.3, -0.25) is 14.4 Å². The number of hydrogen-bond acceptors (Lipinski definition) is 7. The Morgan fingerprint density at radius 3 is 2.44 bits per heavy atom. The van der Waals surface area contributed by atoms with Crippen LogP contribution < -0.4 is 15.4 Å². The molecule has 5 N–H and O–H groups in total. The number of benzene rings is 2. The highest BCUT2D eigenvalue weighted by atomic mass is 32.1. The minimum Gasteiger partial charge on any atom is -0.484 e. The number of hydrogen-bond donors (Lipinski definition) is 5. The van der Waals surface area contributed by atoms with Gasteiger partial charge in [-0.1, -0.05) is 50.5 Å². The smallest absolute Gasteiger partial charge is 0.306 e. The SMILES string of the molecule is CCCCCCNC(=O)/C=C/c1ccc(-c2sc(-c3ccc[nH]3)nc2-c2ccc(OCC(=O)NCC(O)CC(=O)O)cc2)cc1. The molecule has 0 aliphatic heterocycles. The molecule has 2 heterocycles. The molecule has 0 aliphatic carbocycles. The van der Waals surface area contributed by atoms with Gasteiger partial charge in [0, 0.05) is 30.9 Å². The van der Waals surface area contributed by atoms with Crippen LogP contribution in [0.5, 0.6) is 5.75 Å². The maximum atomic E-state index is 12.2. The second-order valence-electron chi connectivity index (χ2n) is 10.5. The topological polar surface area (TPSA) is 154 Å². The number of carboxylic acid groups (broad SMARTS) is 1. The van der Waals surface area contributed by atoms with E-state index in [1.54, 1.807) is 35.6 Å². The van der Waals surface area contributed by atoms with Gasteiger partial charge in [-0.15, -0.1) is 11.3 Å². The maximum absolute atomic E-state index is 12.2. The van der Waals surface area contributed by atoms with Gasteiger partial charge in [0.1, 0.15) is 10.8 Å². The van der Waals surface area contributed by atoms with E-state index in [0.29, 0.717) is 12.3 Å². The number of aromatic nitrogens is 2. The lowest BCUT2D eigenvalue weighted by molar-refractivity contribution is -0.139. The van der Waals surface area contributed by atoms with E-state index in [-0.39, 0.29) is 19.1 Å². The van der Waals surface area contributed by atoms with Gasteiger partial charge in [0.2, 0.25) is 5.91 Å². The molecule has 4 rings (SSSR count). The molecular weight excluding hydrogens is 592 g/mol. The number of carbonyl (C=O) groups is 3. The number of unbranched alkanes of at least 4 members (excludes halogenated alkanes) is 3. The minimum absolute atomic E-state index is 0.0986. The van der Waals surface area contributed by atoms with E-state index in [4.69, 9.17) is 14.8 Å². The summed E-state index contributed by atoms with van der Waals surface area (Å²) in [4.78, 5) is 44.0. The number of aromatic amines is 1. The summed E-state index contributed by atoms with van der Waals surface area (Å²) in [5.74, 6) is -1.24. The molecule has 4 aromatic rings. The Morgan fingerprint density at radius 1 is 1.00 bits per heavy atom. The number of aliphatic carboxylic acids is 1. The average molecular weight is 631 g/mol. The number of rotatable bonds is 17. The Kier molecular flexibility index (Phi) is 12.5. The summed E-state index contributed by atoms with van der Waals surface area (Å²) in [6.45, 7) is 2.40. The van der Waals surface area contributed by atoms with Gasteiger partial charge in [0.05, 0.1) is 28.8 Å². The summed E-state index contributed by atoms with van der Waals surface area (Å²) in [5, 5.41) is 24.5. The summed E-state index contributed by atoms with van der Waals surface area (Å²) in [6, 6.07) is 19.1. The van der Waals surface area contributed by atoms with E-state index in [2.05, 4.69) is 22.5 Å². The molecule has 1 unspecified atom stereocenters. The highest BCUT2D eigenvalue weighted by molar-refractivity contribution is 7.18. The third-order valence-corrected chi connectivity index (χ3v) is 7.97. The number of thiazole rings is 1. The van der Waals surface area contributed by atoms with Crippen molar-refractivity contribution < 1.29 is 29.3 Å². The fourth-order valence-corrected chi connectivity index (χ4v) is 5.53. The van der Waals surface area contributed by atoms with Gasteiger partial charge in [-0.25, -0.2) is 4.98 Å². The number of carboxylic acids is 1. The lowest BCUT2D eigenvalue weighted by Gasteiger charge is -2.11. The van der Waals surface area contributed by atoms with Crippen LogP contribution in [0.15, 0.2) is 72.9 Å². The Labute approximate surface area is 266 Å². The number of nitrogens with one attached hydrogen (secondary N) is 3. The standard InChI is InChI=1S/C34H38N4O6S/c1-2-3-4-5-18-36-29(40)17-10-23-8-11-25(12-9-23)33-32(38-34(45-33)28-7-6-19-35-28)24-13-15-27(16-14-24)44-22-30(41)37-21-26(39)20-31(42)43/h6-17,19,26,35,39H,2-5,18,20-22H2,1H3,(H,36,40)(H,37,41)(H,42,43)/b17-10+. The number of amides is 2. The van der Waals surface area contributed by atoms with Crippen LogP contribution in [-0.4, -0.2) is 63.8 Å². The second kappa shape index (κ2) is 16.9. The molecule has 11 heteroatoms. The predicted octanol–water partition coefficient (Wildman–Crippen LogP) is 5.51. The van der Waals surface area contributed by atoms with Crippen molar-refractivity contribution in [1.29, 1.82) is 0 Å². The molecule has 0 aliphatic rings. The fraction of sp³-hybridized carbons (Fsp3) is 0.294. The highest BCUT2D eigenvalue weighted by Crippen LogP contribution is 2.40. The molecule has 2 amide bonds. The predicted molar refractivity (Wildman–Crippen MR) is 176 cm³/mol. The van der Waals surface area contributed by atoms with E-state index >= 15 is 0 Å². The molecule has 10 nitrogen and oxygen atoms in total. The minimum atomic E-state index is -1.17. The lowest BCUT2D eigenvalue weighted by Crippen LogP contribution is -2.36. The summed E-state index contributed by atoms with van der Waals surface area (Å²) >= 11 is 1.57. The first-order valence-electron chi connectivity index (χ1n) is 14.9. The molecule has 0 spiro atoms. The molecule has 2 aromatic heterocycles. The van der Waals surface area contributed by atoms with Crippen LogP contribution in [0, 0.1) is 0 Å². The number of aliphatic hydroxyl groups excluding tert-OH is 1. The first-order chi connectivity index (χ1) is 21.8. The largest absolute Gasteiger partial charge is 0.484 e. The van der Waals surface area contributed by atoms with Crippen LogP contribution in [0.25, 0.3) is 38.5 Å². The van der Waals surface area contributed by atoms with Crippen molar-refractivity contribution in [3.05, 3.63) is 78.5 Å². The van der Waals surface area contributed by atoms with E-state index in [1.165, 1.54) is 6.42 Å². The van der Waals surface area contributed by atoms with Crippen LogP contribution in [0.1, 0.15) is 44.6 Å².